The van der Waals surface area contributed by atoms with E-state index in [0.29, 0.717) is 16.6 Å². The van der Waals surface area contributed by atoms with Gasteiger partial charge in [0.2, 0.25) is 0 Å². The molecule has 2 heterocycles. The van der Waals surface area contributed by atoms with Gasteiger partial charge in [0.1, 0.15) is 21.7 Å². The largest absolute Gasteiger partial charge is 0.335 e. The molecule has 0 aliphatic heterocycles. The van der Waals surface area contributed by atoms with Crippen LogP contribution in [0.1, 0.15) is 0 Å². The quantitative estimate of drug-likeness (QED) is 0.409. The Bertz CT molecular complexity index is 1540. The minimum absolute atomic E-state index is 0.0365. The van der Waals surface area contributed by atoms with E-state index in [4.69, 9.17) is 0 Å². The van der Waals surface area contributed by atoms with Crippen LogP contribution >= 0.6 is 11.7 Å². The molecular formula is C20H13FN6O2S2. The number of sulfonamides is 1. The molecule has 0 fully saturated rings. The number of anilines is 3. The third-order valence-corrected chi connectivity index (χ3v) is 6.38. The Labute approximate surface area is 180 Å². The van der Waals surface area contributed by atoms with Crippen LogP contribution in [-0.4, -0.2) is 27.1 Å². The molecule has 2 N–H and O–H groups in total. The Hall–Kier alpha value is -3.70. The van der Waals surface area contributed by atoms with Crippen LogP contribution in [0.4, 0.5) is 21.7 Å². The number of fused-ring (bicyclic) bond motifs is 2. The fourth-order valence-electron chi connectivity index (χ4n) is 3.03. The van der Waals surface area contributed by atoms with Crippen LogP contribution in [0, 0.1) is 5.82 Å². The lowest BCUT2D eigenvalue weighted by Gasteiger charge is -2.14. The molecule has 0 unspecified atom stereocenters. The first-order valence-electron chi connectivity index (χ1n) is 9.04. The molecule has 0 spiro atoms. The van der Waals surface area contributed by atoms with Crippen LogP contribution in [0.3, 0.4) is 0 Å². The first-order valence-corrected chi connectivity index (χ1v) is 11.2. The molecule has 0 saturated heterocycles. The van der Waals surface area contributed by atoms with E-state index in [-0.39, 0.29) is 27.7 Å². The van der Waals surface area contributed by atoms with Gasteiger partial charge in [-0.2, -0.15) is 8.75 Å². The normalized spacial score (nSPS) is 11.6. The van der Waals surface area contributed by atoms with E-state index in [1.54, 1.807) is 48.5 Å². The van der Waals surface area contributed by atoms with Crippen molar-refractivity contribution in [2.24, 2.45) is 0 Å². The fourth-order valence-corrected chi connectivity index (χ4v) is 4.81. The molecule has 31 heavy (non-hydrogen) atoms. The zero-order chi connectivity index (χ0) is 21.4. The summed E-state index contributed by atoms with van der Waals surface area (Å²) in [4.78, 5) is 8.82. The zero-order valence-electron chi connectivity index (χ0n) is 15.7. The van der Waals surface area contributed by atoms with Crippen molar-refractivity contribution < 1.29 is 12.8 Å². The first kappa shape index (κ1) is 19.3. The Morgan fingerprint density at radius 1 is 0.774 bits per heavy atom. The number of hydrogen-bond acceptors (Lipinski definition) is 8. The highest BCUT2D eigenvalue weighted by atomic mass is 32.2. The van der Waals surface area contributed by atoms with Crippen LogP contribution in [0.2, 0.25) is 0 Å². The molecule has 8 nitrogen and oxygen atoms in total. The van der Waals surface area contributed by atoms with Crippen molar-refractivity contribution in [2.45, 2.75) is 4.90 Å². The first-order chi connectivity index (χ1) is 15.0. The summed E-state index contributed by atoms with van der Waals surface area (Å²) in [6.07, 6.45) is 0. The SMILES string of the molecule is O=S(=O)(Nc1nc2ccccc2nc1Nc1ccccc1F)c1cccc2nsnc12. The van der Waals surface area contributed by atoms with E-state index in [2.05, 4.69) is 28.8 Å². The van der Waals surface area contributed by atoms with Gasteiger partial charge in [-0.1, -0.05) is 30.3 Å². The second-order valence-electron chi connectivity index (χ2n) is 6.51. The highest BCUT2D eigenvalue weighted by molar-refractivity contribution is 7.93. The van der Waals surface area contributed by atoms with E-state index >= 15 is 0 Å². The maximum atomic E-state index is 14.2. The van der Waals surface area contributed by atoms with Gasteiger partial charge in [-0.15, -0.1) is 0 Å². The summed E-state index contributed by atoms with van der Waals surface area (Å²) in [6.45, 7) is 0. The summed E-state index contributed by atoms with van der Waals surface area (Å²) in [6, 6.07) is 17.7. The average molecular weight is 452 g/mol. The summed E-state index contributed by atoms with van der Waals surface area (Å²) in [5.41, 5.74) is 1.88. The smallest absolute Gasteiger partial charge is 0.265 e. The fraction of sp³-hybridized carbons (Fsp3) is 0. The molecule has 154 valence electrons. The Morgan fingerprint density at radius 2 is 1.45 bits per heavy atom. The maximum absolute atomic E-state index is 14.2. The molecule has 0 amide bonds. The standard InChI is InChI=1S/C20H13FN6O2S2/c21-12-6-1-2-7-13(12)22-19-20(24-15-9-4-3-8-14(15)23-19)27-31(28,29)17-11-5-10-16-18(17)26-30-25-16/h1-11H,(H,22,23)(H,24,27). The summed E-state index contributed by atoms with van der Waals surface area (Å²) in [7, 11) is -4.09. The van der Waals surface area contributed by atoms with Crippen molar-refractivity contribution in [3.8, 4) is 0 Å². The van der Waals surface area contributed by atoms with Crippen LogP contribution < -0.4 is 10.0 Å². The van der Waals surface area contributed by atoms with E-state index in [0.717, 1.165) is 11.7 Å². The van der Waals surface area contributed by atoms with Crippen molar-refractivity contribution in [2.75, 3.05) is 10.0 Å². The summed E-state index contributed by atoms with van der Waals surface area (Å²) >= 11 is 0.924. The third kappa shape index (κ3) is 3.64. The molecule has 0 bridgehead atoms. The van der Waals surface area contributed by atoms with Crippen LogP contribution in [0.15, 0.2) is 71.6 Å². The summed E-state index contributed by atoms with van der Waals surface area (Å²) < 4.78 is 51.2. The number of halogens is 1. The van der Waals surface area contributed by atoms with Gasteiger partial charge in [0, 0.05) is 0 Å². The van der Waals surface area contributed by atoms with Crippen LogP contribution in [0.5, 0.6) is 0 Å². The second-order valence-corrected chi connectivity index (χ2v) is 8.69. The number of rotatable bonds is 5. The predicted octanol–water partition coefficient (Wildman–Crippen LogP) is 4.32. The van der Waals surface area contributed by atoms with Gasteiger partial charge in [-0.3, -0.25) is 4.72 Å². The minimum atomic E-state index is -4.09. The monoisotopic (exact) mass is 452 g/mol. The lowest BCUT2D eigenvalue weighted by Crippen LogP contribution is -2.16. The molecule has 5 rings (SSSR count). The number of benzene rings is 3. The van der Waals surface area contributed by atoms with Gasteiger partial charge in [0.15, 0.2) is 11.6 Å². The number of nitrogens with zero attached hydrogens (tertiary/aromatic N) is 4. The van der Waals surface area contributed by atoms with Crippen molar-refractivity contribution in [1.29, 1.82) is 0 Å². The van der Waals surface area contributed by atoms with Crippen molar-refractivity contribution in [3.05, 3.63) is 72.5 Å². The molecule has 0 atom stereocenters. The molecular weight excluding hydrogens is 439 g/mol. The molecule has 0 radical (unpaired) electrons. The topological polar surface area (TPSA) is 110 Å². The van der Waals surface area contributed by atoms with Crippen molar-refractivity contribution >= 4 is 61.1 Å². The molecule has 5 aromatic rings. The van der Waals surface area contributed by atoms with Crippen molar-refractivity contribution in [1.82, 2.24) is 18.7 Å². The highest BCUT2D eigenvalue weighted by Crippen LogP contribution is 2.29. The third-order valence-electron chi connectivity index (χ3n) is 4.47. The number of para-hydroxylation sites is 3. The van der Waals surface area contributed by atoms with Crippen LogP contribution in [-0.2, 0) is 10.0 Å². The Morgan fingerprint density at radius 3 is 2.23 bits per heavy atom. The minimum Gasteiger partial charge on any atom is -0.335 e. The molecule has 0 aliphatic rings. The molecule has 3 aromatic carbocycles. The van der Waals surface area contributed by atoms with Crippen LogP contribution in [0.25, 0.3) is 22.1 Å². The average Bonchev–Trinajstić information content (AvgIpc) is 3.24. The maximum Gasteiger partial charge on any atom is 0.265 e. The van der Waals surface area contributed by atoms with E-state index < -0.39 is 15.8 Å². The lowest BCUT2D eigenvalue weighted by atomic mass is 10.3. The Balaban J connectivity index is 1.63. The van der Waals surface area contributed by atoms with Gasteiger partial charge in [0.05, 0.1) is 28.4 Å². The predicted molar refractivity (Wildman–Crippen MR) is 117 cm³/mol. The molecule has 2 aromatic heterocycles. The molecule has 0 saturated carbocycles. The molecule has 0 aliphatic carbocycles. The van der Waals surface area contributed by atoms with Gasteiger partial charge in [-0.05, 0) is 36.4 Å². The Kier molecular flexibility index (Phi) is 4.68. The number of hydrogen-bond donors (Lipinski definition) is 2. The zero-order valence-corrected chi connectivity index (χ0v) is 17.3. The van der Waals surface area contributed by atoms with E-state index in [1.165, 1.54) is 18.2 Å². The van der Waals surface area contributed by atoms with Gasteiger partial charge >= 0.3 is 0 Å². The lowest BCUT2D eigenvalue weighted by molar-refractivity contribution is 0.602. The van der Waals surface area contributed by atoms with Gasteiger partial charge < -0.3 is 5.32 Å². The summed E-state index contributed by atoms with van der Waals surface area (Å²) in [5, 5.41) is 2.84. The second kappa shape index (κ2) is 7.52. The van der Waals surface area contributed by atoms with E-state index in [1.807, 2.05) is 0 Å². The summed E-state index contributed by atoms with van der Waals surface area (Å²) in [5.74, 6) is -0.511. The van der Waals surface area contributed by atoms with Gasteiger partial charge in [-0.25, -0.2) is 22.8 Å². The molecule has 11 heteroatoms. The van der Waals surface area contributed by atoms with Crippen molar-refractivity contribution in [3.63, 3.8) is 0 Å². The van der Waals surface area contributed by atoms with E-state index in [9.17, 15) is 12.8 Å². The highest BCUT2D eigenvalue weighted by Gasteiger charge is 2.23. The number of aromatic nitrogens is 4. The number of nitrogens with one attached hydrogen (secondary N) is 2. The van der Waals surface area contributed by atoms with Gasteiger partial charge in [0.25, 0.3) is 10.0 Å².